The van der Waals surface area contributed by atoms with Crippen molar-refractivity contribution in [3.63, 3.8) is 0 Å². The van der Waals surface area contributed by atoms with E-state index >= 15 is 0 Å². The Labute approximate surface area is 200 Å². The highest BCUT2D eigenvalue weighted by molar-refractivity contribution is 6.05. The van der Waals surface area contributed by atoms with Gasteiger partial charge < -0.3 is 15.0 Å². The van der Waals surface area contributed by atoms with Crippen LogP contribution in [0.4, 0.5) is 0 Å². The van der Waals surface area contributed by atoms with Gasteiger partial charge in [0, 0.05) is 24.1 Å². The molecule has 7 heteroatoms. The predicted octanol–water partition coefficient (Wildman–Crippen LogP) is 3.70. The fourth-order valence-electron chi connectivity index (χ4n) is 4.52. The second kappa shape index (κ2) is 11.3. The lowest BCUT2D eigenvalue weighted by Crippen LogP contribution is -2.52. The lowest BCUT2D eigenvalue weighted by molar-refractivity contribution is -0.136. The molecule has 7 nitrogen and oxygen atoms in total. The second-order valence-electron chi connectivity index (χ2n) is 9.02. The molecule has 1 fully saturated rings. The lowest BCUT2D eigenvalue weighted by Gasteiger charge is -2.29. The van der Waals surface area contributed by atoms with Gasteiger partial charge in [0.05, 0.1) is 6.54 Å². The van der Waals surface area contributed by atoms with Crippen LogP contribution in [-0.4, -0.2) is 35.2 Å². The number of unbranched alkanes of at least 4 members (excludes halogenated alkanes) is 3. The average molecular weight is 464 g/mol. The Morgan fingerprint density at radius 3 is 2.59 bits per heavy atom. The number of fused-ring (bicyclic) bond motifs is 1. The summed E-state index contributed by atoms with van der Waals surface area (Å²) in [6, 6.07) is 13.2. The zero-order chi connectivity index (χ0) is 23.9. The van der Waals surface area contributed by atoms with Crippen molar-refractivity contribution < 1.29 is 19.1 Å². The van der Waals surface area contributed by atoms with Gasteiger partial charge in [-0.3, -0.25) is 19.7 Å². The molecule has 0 aromatic heterocycles. The minimum atomic E-state index is -0.627. The summed E-state index contributed by atoms with van der Waals surface area (Å²) in [5, 5.41) is 5.83. The number of carbonyl (C=O) groups excluding carboxylic acids is 3. The van der Waals surface area contributed by atoms with Crippen molar-refractivity contribution >= 4 is 17.7 Å². The van der Waals surface area contributed by atoms with Crippen LogP contribution in [0, 0.1) is 0 Å². The van der Waals surface area contributed by atoms with Crippen LogP contribution in [0.25, 0.3) is 0 Å². The Kier molecular flexibility index (Phi) is 7.95. The van der Waals surface area contributed by atoms with Gasteiger partial charge in [0.25, 0.3) is 5.91 Å². The fraction of sp³-hybridized carbons (Fsp3) is 0.444. The van der Waals surface area contributed by atoms with Crippen molar-refractivity contribution in [3.05, 3.63) is 64.7 Å². The maximum atomic E-state index is 12.9. The van der Waals surface area contributed by atoms with E-state index < -0.39 is 11.9 Å². The molecule has 3 amide bonds. The predicted molar refractivity (Wildman–Crippen MR) is 129 cm³/mol. The second-order valence-corrected chi connectivity index (χ2v) is 9.02. The van der Waals surface area contributed by atoms with Gasteiger partial charge in [-0.1, -0.05) is 56.5 Å². The van der Waals surface area contributed by atoms with Crippen molar-refractivity contribution in [2.75, 3.05) is 6.54 Å². The van der Waals surface area contributed by atoms with Crippen LogP contribution < -0.4 is 15.4 Å². The van der Waals surface area contributed by atoms with E-state index in [0.717, 1.165) is 24.2 Å². The summed E-state index contributed by atoms with van der Waals surface area (Å²) in [5.41, 5.74) is 3.64. The monoisotopic (exact) mass is 463 g/mol. The average Bonchev–Trinajstić information content (AvgIpc) is 3.17. The number of imide groups is 1. The molecule has 0 radical (unpaired) electrons. The van der Waals surface area contributed by atoms with Gasteiger partial charge >= 0.3 is 0 Å². The molecular formula is C27H33N3O4. The molecule has 180 valence electrons. The number of nitrogens with one attached hydrogen (secondary N) is 2. The molecule has 2 aromatic rings. The SMILES string of the molecule is CCCCCCNCc1ccc(COc2cccc3c2CN(C2CCC(=O)NC2=O)C3=O)cc1. The van der Waals surface area contributed by atoms with Gasteiger partial charge in [-0.15, -0.1) is 0 Å². The van der Waals surface area contributed by atoms with Crippen LogP contribution in [0.5, 0.6) is 5.75 Å². The van der Waals surface area contributed by atoms with Crippen molar-refractivity contribution in [3.8, 4) is 5.75 Å². The lowest BCUT2D eigenvalue weighted by atomic mass is 10.0. The summed E-state index contributed by atoms with van der Waals surface area (Å²) in [6.45, 7) is 4.82. The number of carbonyl (C=O) groups is 3. The Morgan fingerprint density at radius 2 is 1.82 bits per heavy atom. The zero-order valence-corrected chi connectivity index (χ0v) is 19.8. The number of hydrogen-bond donors (Lipinski definition) is 2. The first kappa shape index (κ1) is 24.0. The van der Waals surface area contributed by atoms with Gasteiger partial charge in [-0.05, 0) is 42.6 Å². The summed E-state index contributed by atoms with van der Waals surface area (Å²) in [5.74, 6) is -0.237. The summed E-state index contributed by atoms with van der Waals surface area (Å²) >= 11 is 0. The minimum Gasteiger partial charge on any atom is -0.489 e. The van der Waals surface area contributed by atoms with Gasteiger partial charge in [0.15, 0.2) is 0 Å². The number of rotatable bonds is 11. The van der Waals surface area contributed by atoms with Crippen LogP contribution in [-0.2, 0) is 29.3 Å². The molecule has 1 saturated heterocycles. The molecule has 2 heterocycles. The highest BCUT2D eigenvalue weighted by Gasteiger charge is 2.40. The summed E-state index contributed by atoms with van der Waals surface area (Å²) < 4.78 is 6.09. The molecule has 34 heavy (non-hydrogen) atoms. The van der Waals surface area contributed by atoms with E-state index in [4.69, 9.17) is 4.74 Å². The van der Waals surface area contributed by atoms with Gasteiger partial charge in [0.1, 0.15) is 18.4 Å². The smallest absolute Gasteiger partial charge is 0.255 e. The van der Waals surface area contributed by atoms with E-state index in [9.17, 15) is 14.4 Å². The Balaban J connectivity index is 1.32. The quantitative estimate of drug-likeness (QED) is 0.392. The van der Waals surface area contributed by atoms with Crippen molar-refractivity contribution in [2.45, 2.75) is 71.2 Å². The molecule has 2 aliphatic heterocycles. The number of hydrogen-bond acceptors (Lipinski definition) is 5. The van der Waals surface area contributed by atoms with E-state index in [-0.39, 0.29) is 18.2 Å². The minimum absolute atomic E-state index is 0.193. The highest BCUT2D eigenvalue weighted by atomic mass is 16.5. The molecule has 2 aliphatic rings. The summed E-state index contributed by atoms with van der Waals surface area (Å²) in [7, 11) is 0. The number of piperidine rings is 1. The maximum absolute atomic E-state index is 12.9. The highest BCUT2D eigenvalue weighted by Crippen LogP contribution is 2.33. The Bertz CT molecular complexity index is 1030. The summed E-state index contributed by atoms with van der Waals surface area (Å²) in [6.07, 6.45) is 5.63. The number of benzene rings is 2. The van der Waals surface area contributed by atoms with E-state index in [1.807, 2.05) is 6.07 Å². The molecule has 4 rings (SSSR count). The molecule has 0 aliphatic carbocycles. The third-order valence-electron chi connectivity index (χ3n) is 6.49. The van der Waals surface area contributed by atoms with Crippen LogP contribution in [0.2, 0.25) is 0 Å². The van der Waals surface area contributed by atoms with Crippen LogP contribution in [0.1, 0.15) is 72.5 Å². The molecule has 0 bridgehead atoms. The Hall–Kier alpha value is -3.19. The van der Waals surface area contributed by atoms with E-state index in [1.165, 1.54) is 31.2 Å². The van der Waals surface area contributed by atoms with E-state index in [0.29, 0.717) is 30.9 Å². The standard InChI is InChI=1S/C27H33N3O4/c1-2-3-4-5-15-28-16-19-9-11-20(12-10-19)18-34-24-8-6-7-21-22(24)17-30(27(21)33)23-13-14-25(31)29-26(23)32/h6-12,23,28H,2-5,13-18H2,1H3,(H,29,31,32). The largest absolute Gasteiger partial charge is 0.489 e. The molecule has 2 N–H and O–H groups in total. The van der Waals surface area contributed by atoms with Crippen LogP contribution in [0.15, 0.2) is 42.5 Å². The normalized spacial score (nSPS) is 17.6. The molecule has 1 unspecified atom stereocenters. The van der Waals surface area contributed by atoms with Gasteiger partial charge in [-0.2, -0.15) is 0 Å². The molecule has 2 aromatic carbocycles. The van der Waals surface area contributed by atoms with E-state index in [2.05, 4.69) is 41.8 Å². The first-order chi connectivity index (χ1) is 16.6. The first-order valence-electron chi connectivity index (χ1n) is 12.2. The van der Waals surface area contributed by atoms with Gasteiger partial charge in [-0.25, -0.2) is 0 Å². The molecule has 0 spiro atoms. The third-order valence-corrected chi connectivity index (χ3v) is 6.49. The third kappa shape index (κ3) is 5.65. The van der Waals surface area contributed by atoms with Crippen LogP contribution in [0.3, 0.4) is 0 Å². The van der Waals surface area contributed by atoms with Crippen molar-refractivity contribution in [1.82, 2.24) is 15.5 Å². The summed E-state index contributed by atoms with van der Waals surface area (Å²) in [4.78, 5) is 38.2. The van der Waals surface area contributed by atoms with E-state index in [1.54, 1.807) is 17.0 Å². The topological polar surface area (TPSA) is 87.7 Å². The fourth-order valence-corrected chi connectivity index (χ4v) is 4.52. The number of amides is 3. The first-order valence-corrected chi connectivity index (χ1v) is 12.2. The van der Waals surface area contributed by atoms with Crippen molar-refractivity contribution in [2.24, 2.45) is 0 Å². The van der Waals surface area contributed by atoms with Crippen LogP contribution >= 0.6 is 0 Å². The maximum Gasteiger partial charge on any atom is 0.255 e. The Morgan fingerprint density at radius 1 is 1.03 bits per heavy atom. The zero-order valence-electron chi connectivity index (χ0n) is 19.8. The molecule has 0 saturated carbocycles. The molecular weight excluding hydrogens is 430 g/mol. The number of nitrogens with zero attached hydrogens (tertiary/aromatic N) is 1. The van der Waals surface area contributed by atoms with Gasteiger partial charge in [0.2, 0.25) is 11.8 Å². The number of ether oxygens (including phenoxy) is 1. The van der Waals surface area contributed by atoms with Crippen molar-refractivity contribution in [1.29, 1.82) is 0 Å². The molecule has 1 atom stereocenters.